The topological polar surface area (TPSA) is 35.0 Å². The number of rotatable bonds is 2. The molecular formula is C18H17ClN2OS. The number of fused-ring (bicyclic) bond motifs is 3. The van der Waals surface area contributed by atoms with Gasteiger partial charge >= 0.3 is 0 Å². The van der Waals surface area contributed by atoms with Crippen molar-refractivity contribution in [2.75, 3.05) is 0 Å². The number of aryl methyl sites for hydroxylation is 3. The van der Waals surface area contributed by atoms with E-state index in [0.717, 1.165) is 34.6 Å². The van der Waals surface area contributed by atoms with Gasteiger partial charge in [-0.3, -0.25) is 0 Å². The zero-order valence-corrected chi connectivity index (χ0v) is 14.5. The Hall–Kier alpha value is -1.65. The minimum Gasteiger partial charge on any atom is -0.438 e. The Balaban J connectivity index is 1.84. The van der Waals surface area contributed by atoms with E-state index in [4.69, 9.17) is 16.3 Å². The van der Waals surface area contributed by atoms with E-state index >= 15 is 0 Å². The maximum atomic E-state index is 6.09. The molecule has 3 nitrogen and oxygen atoms in total. The van der Waals surface area contributed by atoms with Gasteiger partial charge in [0.25, 0.3) is 0 Å². The van der Waals surface area contributed by atoms with E-state index in [-0.39, 0.29) is 0 Å². The number of hydrogen-bond donors (Lipinski definition) is 0. The summed E-state index contributed by atoms with van der Waals surface area (Å²) in [6, 6.07) is 7.40. The largest absolute Gasteiger partial charge is 0.438 e. The van der Waals surface area contributed by atoms with E-state index in [1.807, 2.05) is 31.2 Å². The van der Waals surface area contributed by atoms with Crippen molar-refractivity contribution in [3.8, 4) is 11.6 Å². The Morgan fingerprint density at radius 3 is 2.65 bits per heavy atom. The molecule has 0 atom stereocenters. The van der Waals surface area contributed by atoms with Crippen LogP contribution in [0, 0.1) is 6.92 Å². The normalized spacial score (nSPS) is 14.5. The number of ether oxygens (including phenoxy) is 1. The van der Waals surface area contributed by atoms with Crippen LogP contribution in [0.15, 0.2) is 24.3 Å². The molecule has 4 rings (SSSR count). The van der Waals surface area contributed by atoms with Gasteiger partial charge in [0.15, 0.2) is 0 Å². The van der Waals surface area contributed by atoms with E-state index < -0.39 is 0 Å². The molecule has 3 aromatic rings. The monoisotopic (exact) mass is 344 g/mol. The van der Waals surface area contributed by atoms with Gasteiger partial charge in [0.1, 0.15) is 16.4 Å². The molecule has 2 aromatic heterocycles. The minimum absolute atomic E-state index is 0.675. The molecule has 1 aliphatic carbocycles. The van der Waals surface area contributed by atoms with E-state index in [1.165, 1.54) is 29.7 Å². The highest BCUT2D eigenvalue weighted by Crippen LogP contribution is 2.40. The van der Waals surface area contributed by atoms with Crippen LogP contribution in [0.2, 0.25) is 5.02 Å². The zero-order chi connectivity index (χ0) is 15.8. The van der Waals surface area contributed by atoms with Crippen molar-refractivity contribution < 1.29 is 4.74 Å². The smallest absolute Gasteiger partial charge is 0.231 e. The lowest BCUT2D eigenvalue weighted by atomic mass is 10.1. The van der Waals surface area contributed by atoms with Crippen molar-refractivity contribution in [3.63, 3.8) is 0 Å². The molecule has 0 spiro atoms. The van der Waals surface area contributed by atoms with Gasteiger partial charge in [0, 0.05) is 9.90 Å². The molecule has 0 saturated carbocycles. The highest BCUT2D eigenvalue weighted by molar-refractivity contribution is 7.18. The first kappa shape index (κ1) is 14.9. The predicted octanol–water partition coefficient (Wildman–Crippen LogP) is 5.71. The van der Waals surface area contributed by atoms with Crippen LogP contribution in [0.3, 0.4) is 0 Å². The number of nitrogens with zero attached hydrogens (tertiary/aromatic N) is 2. The maximum Gasteiger partial charge on any atom is 0.231 e. The molecule has 1 aliphatic rings. The Labute approximate surface area is 144 Å². The first-order chi connectivity index (χ1) is 11.2. The summed E-state index contributed by atoms with van der Waals surface area (Å²) in [6.07, 6.45) is 6.03. The summed E-state index contributed by atoms with van der Waals surface area (Å²) in [7, 11) is 0. The molecule has 0 amide bonds. The number of hydrogen-bond acceptors (Lipinski definition) is 4. The maximum absolute atomic E-state index is 6.09. The summed E-state index contributed by atoms with van der Waals surface area (Å²) in [4.78, 5) is 11.7. The third-order valence-electron chi connectivity index (χ3n) is 4.17. The molecule has 1 aromatic carbocycles. The quantitative estimate of drug-likeness (QED) is 0.558. The second-order valence-electron chi connectivity index (χ2n) is 5.88. The van der Waals surface area contributed by atoms with E-state index in [1.54, 1.807) is 11.3 Å². The fraction of sp³-hybridized carbons (Fsp3) is 0.333. The minimum atomic E-state index is 0.675. The number of halogens is 1. The van der Waals surface area contributed by atoms with Crippen molar-refractivity contribution in [2.45, 2.75) is 39.0 Å². The third kappa shape index (κ3) is 2.93. The van der Waals surface area contributed by atoms with E-state index in [9.17, 15) is 0 Å². The molecule has 0 N–H and O–H groups in total. The summed E-state index contributed by atoms with van der Waals surface area (Å²) >= 11 is 7.75. The Morgan fingerprint density at radius 2 is 1.83 bits per heavy atom. The second-order valence-corrected chi connectivity index (χ2v) is 7.40. The van der Waals surface area contributed by atoms with Gasteiger partial charge in [0.05, 0.1) is 5.39 Å². The van der Waals surface area contributed by atoms with Gasteiger partial charge < -0.3 is 4.74 Å². The Kier molecular flexibility index (Phi) is 3.95. The van der Waals surface area contributed by atoms with Crippen molar-refractivity contribution >= 4 is 33.2 Å². The summed E-state index contributed by atoms with van der Waals surface area (Å²) in [5.74, 6) is 2.18. The van der Waals surface area contributed by atoms with Gasteiger partial charge in [-0.05, 0) is 62.4 Å². The molecule has 0 fully saturated rings. The summed E-state index contributed by atoms with van der Waals surface area (Å²) < 4.78 is 6.09. The van der Waals surface area contributed by atoms with Crippen molar-refractivity contribution in [1.29, 1.82) is 0 Å². The summed E-state index contributed by atoms with van der Waals surface area (Å²) in [5, 5.41) is 1.80. The van der Waals surface area contributed by atoms with Crippen molar-refractivity contribution in [3.05, 3.63) is 45.6 Å². The number of benzene rings is 1. The molecular weight excluding hydrogens is 328 g/mol. The van der Waals surface area contributed by atoms with Crippen LogP contribution in [0.4, 0.5) is 0 Å². The lowest BCUT2D eigenvalue weighted by molar-refractivity contribution is 0.466. The van der Waals surface area contributed by atoms with E-state index in [2.05, 4.69) is 9.97 Å². The third-order valence-corrected chi connectivity index (χ3v) is 5.61. The van der Waals surface area contributed by atoms with Crippen LogP contribution in [-0.2, 0) is 12.8 Å². The summed E-state index contributed by atoms with van der Waals surface area (Å²) in [5.41, 5.74) is 1.39. The molecule has 0 unspecified atom stereocenters. The van der Waals surface area contributed by atoms with Crippen molar-refractivity contribution in [1.82, 2.24) is 9.97 Å². The van der Waals surface area contributed by atoms with Crippen LogP contribution >= 0.6 is 22.9 Å². The van der Waals surface area contributed by atoms with Crippen LogP contribution in [0.1, 0.15) is 35.5 Å². The molecule has 23 heavy (non-hydrogen) atoms. The SMILES string of the molecule is Cc1nc(Oc2ccc(Cl)cc2)c2c3c(sc2n1)CCCCC3. The van der Waals surface area contributed by atoms with Gasteiger partial charge in [0.2, 0.25) is 5.88 Å². The van der Waals surface area contributed by atoms with Gasteiger partial charge in [-0.1, -0.05) is 18.0 Å². The molecule has 0 saturated heterocycles. The van der Waals surface area contributed by atoms with Crippen LogP contribution in [0.25, 0.3) is 10.2 Å². The van der Waals surface area contributed by atoms with Gasteiger partial charge in [-0.2, -0.15) is 4.98 Å². The second kappa shape index (κ2) is 6.10. The van der Waals surface area contributed by atoms with Crippen molar-refractivity contribution in [2.24, 2.45) is 0 Å². The lowest BCUT2D eigenvalue weighted by Crippen LogP contribution is -1.95. The standard InChI is InChI=1S/C18H17ClN2OS/c1-11-20-17(22-13-9-7-12(19)8-10-13)16-14-5-3-2-4-6-15(14)23-18(16)21-11/h7-10H,2-6H2,1H3. The zero-order valence-electron chi connectivity index (χ0n) is 12.9. The van der Waals surface area contributed by atoms with Crippen LogP contribution in [-0.4, -0.2) is 9.97 Å². The molecule has 2 heterocycles. The molecule has 0 aliphatic heterocycles. The fourth-order valence-corrected chi connectivity index (χ4v) is 4.51. The number of thiophene rings is 1. The predicted molar refractivity (Wildman–Crippen MR) is 94.9 cm³/mol. The average Bonchev–Trinajstić information content (AvgIpc) is 2.71. The number of aromatic nitrogens is 2. The highest BCUT2D eigenvalue weighted by Gasteiger charge is 2.20. The summed E-state index contributed by atoms with van der Waals surface area (Å²) in [6.45, 7) is 1.92. The Bertz CT molecular complexity index is 858. The highest BCUT2D eigenvalue weighted by atomic mass is 35.5. The fourth-order valence-electron chi connectivity index (χ4n) is 3.09. The lowest BCUT2D eigenvalue weighted by Gasteiger charge is -2.08. The van der Waals surface area contributed by atoms with Gasteiger partial charge in [-0.25, -0.2) is 4.98 Å². The van der Waals surface area contributed by atoms with Crippen LogP contribution in [0.5, 0.6) is 11.6 Å². The Morgan fingerprint density at radius 1 is 1.04 bits per heavy atom. The first-order valence-electron chi connectivity index (χ1n) is 7.93. The molecule has 118 valence electrons. The molecule has 0 bridgehead atoms. The first-order valence-corrected chi connectivity index (χ1v) is 9.12. The molecule has 5 heteroatoms. The molecule has 0 radical (unpaired) electrons. The average molecular weight is 345 g/mol. The van der Waals surface area contributed by atoms with E-state index in [0.29, 0.717) is 10.9 Å². The van der Waals surface area contributed by atoms with Gasteiger partial charge in [-0.15, -0.1) is 11.3 Å². The van der Waals surface area contributed by atoms with Crippen LogP contribution < -0.4 is 4.74 Å².